The van der Waals surface area contributed by atoms with E-state index in [1.807, 2.05) is 0 Å². The zero-order valence-corrected chi connectivity index (χ0v) is 15.4. The zero-order valence-electron chi connectivity index (χ0n) is 15.4. The number of alkyl halides is 1. The van der Waals surface area contributed by atoms with E-state index in [0.717, 1.165) is 5.69 Å². The highest BCUT2D eigenvalue weighted by molar-refractivity contribution is 5.98. The maximum atomic E-state index is 13.3. The minimum atomic E-state index is -0.583. The molecule has 0 aliphatic carbocycles. The highest BCUT2D eigenvalue weighted by Gasteiger charge is 2.25. The highest BCUT2D eigenvalue weighted by atomic mass is 19.1. The fourth-order valence-electron chi connectivity index (χ4n) is 3.39. The van der Waals surface area contributed by atoms with Crippen LogP contribution in [0.2, 0.25) is 0 Å². The summed E-state index contributed by atoms with van der Waals surface area (Å²) < 4.78 is 15.0. The van der Waals surface area contributed by atoms with Crippen LogP contribution in [0.4, 0.5) is 10.3 Å². The lowest BCUT2D eigenvalue weighted by Gasteiger charge is -2.16. The summed E-state index contributed by atoms with van der Waals surface area (Å²) in [5.74, 6) is 5.93. The minimum Gasteiger partial charge on any atom is -0.508 e. The van der Waals surface area contributed by atoms with Crippen LogP contribution in [0.15, 0.2) is 36.5 Å². The summed E-state index contributed by atoms with van der Waals surface area (Å²) in [5, 5.41) is 12.4. The summed E-state index contributed by atoms with van der Waals surface area (Å²) in [6.07, 6.45) is 2.10. The van der Waals surface area contributed by atoms with Crippen molar-refractivity contribution in [3.05, 3.63) is 58.9 Å². The molecule has 146 valence electrons. The second-order valence-corrected chi connectivity index (χ2v) is 6.53. The summed E-state index contributed by atoms with van der Waals surface area (Å²) in [6.45, 7) is 0.0134. The van der Waals surface area contributed by atoms with Gasteiger partial charge in [-0.3, -0.25) is 4.79 Å². The molecule has 8 heteroatoms. The first-order valence-corrected chi connectivity index (χ1v) is 9.07. The number of aromatic nitrogens is 3. The number of carbonyl (C=O) groups excluding carboxylic acids is 1. The molecule has 0 fully saturated rings. The largest absolute Gasteiger partial charge is 0.508 e. The molecule has 0 saturated carbocycles. The molecule has 0 spiro atoms. The number of nitrogens with one attached hydrogen (secondary N) is 1. The highest BCUT2D eigenvalue weighted by Crippen LogP contribution is 2.29. The van der Waals surface area contributed by atoms with E-state index in [2.05, 4.69) is 27.1 Å². The van der Waals surface area contributed by atoms with Crippen molar-refractivity contribution in [1.82, 2.24) is 19.9 Å². The molecule has 0 saturated heterocycles. The number of carbonyl (C=O) groups is 1. The number of aromatic hydroxyl groups is 1. The van der Waals surface area contributed by atoms with Gasteiger partial charge >= 0.3 is 0 Å². The van der Waals surface area contributed by atoms with Crippen molar-refractivity contribution in [3.8, 4) is 29.0 Å². The average molecular weight is 391 g/mol. The third-order valence-corrected chi connectivity index (χ3v) is 4.65. The van der Waals surface area contributed by atoms with Gasteiger partial charge in [0.1, 0.15) is 18.1 Å². The molecule has 1 amide bonds. The molecule has 1 aliphatic heterocycles. The van der Waals surface area contributed by atoms with E-state index in [4.69, 9.17) is 5.73 Å². The molecule has 0 unspecified atom stereocenters. The molecule has 4 N–H and O–H groups in total. The van der Waals surface area contributed by atoms with E-state index in [0.29, 0.717) is 41.0 Å². The number of nitrogens with zero attached hydrogens (tertiary/aromatic N) is 3. The minimum absolute atomic E-state index is 0.0540. The third kappa shape index (κ3) is 3.62. The standard InChI is InChI=1S/C21H18FN5O2/c22-7-9-27-17-6-8-24-20(29)16(17)11-18(27)19-14(12-25-21(23)26-19)5-4-13-2-1-3-15(28)10-13/h1-3,10-12,28H,6-9H2,(H,24,29)(H2,23,25,26). The fourth-order valence-corrected chi connectivity index (χ4v) is 3.39. The Morgan fingerprint density at radius 2 is 2.17 bits per heavy atom. The van der Waals surface area contributed by atoms with Gasteiger partial charge in [0.05, 0.1) is 23.4 Å². The second-order valence-electron chi connectivity index (χ2n) is 6.53. The van der Waals surface area contributed by atoms with E-state index < -0.39 is 6.67 Å². The second kappa shape index (κ2) is 7.64. The van der Waals surface area contributed by atoms with Gasteiger partial charge < -0.3 is 20.7 Å². The molecular formula is C21H18FN5O2. The molecule has 1 aliphatic rings. The van der Waals surface area contributed by atoms with Crippen LogP contribution in [-0.2, 0) is 13.0 Å². The van der Waals surface area contributed by atoms with Crippen molar-refractivity contribution in [2.24, 2.45) is 0 Å². The van der Waals surface area contributed by atoms with Crippen molar-refractivity contribution in [1.29, 1.82) is 0 Å². The summed E-state index contributed by atoms with van der Waals surface area (Å²) in [6, 6.07) is 8.25. The van der Waals surface area contributed by atoms with E-state index >= 15 is 0 Å². The third-order valence-electron chi connectivity index (χ3n) is 4.65. The quantitative estimate of drug-likeness (QED) is 0.591. The number of phenolic OH excluding ortho intramolecular Hbond substituents is 1. The van der Waals surface area contributed by atoms with Gasteiger partial charge in [-0.05, 0) is 24.3 Å². The summed E-state index contributed by atoms with van der Waals surface area (Å²) in [7, 11) is 0. The van der Waals surface area contributed by atoms with Crippen LogP contribution in [0, 0.1) is 11.8 Å². The molecule has 7 nitrogen and oxygen atoms in total. The van der Waals surface area contributed by atoms with E-state index in [9.17, 15) is 14.3 Å². The summed E-state index contributed by atoms with van der Waals surface area (Å²) >= 11 is 0. The maximum Gasteiger partial charge on any atom is 0.253 e. The normalized spacial score (nSPS) is 12.7. The number of nitrogen functional groups attached to an aromatic ring is 1. The Morgan fingerprint density at radius 3 is 2.97 bits per heavy atom. The number of hydrogen-bond donors (Lipinski definition) is 3. The van der Waals surface area contributed by atoms with Crippen molar-refractivity contribution >= 4 is 11.9 Å². The monoisotopic (exact) mass is 391 g/mol. The molecule has 4 rings (SSSR count). The summed E-state index contributed by atoms with van der Waals surface area (Å²) in [4.78, 5) is 20.6. The van der Waals surface area contributed by atoms with Gasteiger partial charge in [-0.2, -0.15) is 0 Å². The number of benzene rings is 1. The Hall–Kier alpha value is -3.86. The number of amides is 1. The number of hydrogen-bond acceptors (Lipinski definition) is 5. The van der Waals surface area contributed by atoms with E-state index in [1.165, 1.54) is 6.20 Å². The molecule has 3 aromatic rings. The lowest BCUT2D eigenvalue weighted by molar-refractivity contribution is 0.0945. The fraction of sp³-hybridized carbons (Fsp3) is 0.190. The SMILES string of the molecule is Nc1ncc(C#Cc2cccc(O)c2)c(-c2cc3c(n2CCF)CCNC3=O)n1. The number of anilines is 1. The van der Waals surface area contributed by atoms with Crippen LogP contribution in [0.3, 0.4) is 0 Å². The molecule has 3 heterocycles. The lowest BCUT2D eigenvalue weighted by Crippen LogP contribution is -2.32. The molecular weight excluding hydrogens is 373 g/mol. The number of nitrogens with two attached hydrogens (primary N) is 1. The van der Waals surface area contributed by atoms with Crippen LogP contribution in [-0.4, -0.2) is 38.8 Å². The predicted molar refractivity (Wildman–Crippen MR) is 106 cm³/mol. The van der Waals surface area contributed by atoms with Gasteiger partial charge in [0.15, 0.2) is 0 Å². The van der Waals surface area contributed by atoms with Gasteiger partial charge in [0.25, 0.3) is 5.91 Å². The molecule has 0 radical (unpaired) electrons. The van der Waals surface area contributed by atoms with Crippen molar-refractivity contribution in [2.45, 2.75) is 13.0 Å². The smallest absolute Gasteiger partial charge is 0.253 e. The number of fused-ring (bicyclic) bond motifs is 1. The van der Waals surface area contributed by atoms with Gasteiger partial charge in [0, 0.05) is 30.4 Å². The predicted octanol–water partition coefficient (Wildman–Crippen LogP) is 1.89. The Balaban J connectivity index is 1.86. The number of phenols is 1. The molecule has 29 heavy (non-hydrogen) atoms. The Labute approximate surface area is 166 Å². The Kier molecular flexibility index (Phi) is 4.87. The van der Waals surface area contributed by atoms with Crippen LogP contribution in [0.5, 0.6) is 5.75 Å². The molecule has 1 aromatic carbocycles. The van der Waals surface area contributed by atoms with Gasteiger partial charge in [-0.15, -0.1) is 0 Å². The van der Waals surface area contributed by atoms with Crippen LogP contribution in [0.1, 0.15) is 27.2 Å². The van der Waals surface area contributed by atoms with Crippen LogP contribution >= 0.6 is 0 Å². The van der Waals surface area contributed by atoms with Crippen molar-refractivity contribution in [3.63, 3.8) is 0 Å². The van der Waals surface area contributed by atoms with Crippen molar-refractivity contribution in [2.75, 3.05) is 19.0 Å². The van der Waals surface area contributed by atoms with Crippen LogP contribution in [0.25, 0.3) is 11.4 Å². The zero-order chi connectivity index (χ0) is 20.4. The van der Waals surface area contributed by atoms with Crippen molar-refractivity contribution < 1.29 is 14.3 Å². The van der Waals surface area contributed by atoms with Gasteiger partial charge in [0.2, 0.25) is 5.95 Å². The van der Waals surface area contributed by atoms with E-state index in [1.54, 1.807) is 34.9 Å². The first-order valence-electron chi connectivity index (χ1n) is 9.07. The first-order chi connectivity index (χ1) is 14.1. The van der Waals surface area contributed by atoms with Gasteiger partial charge in [-0.1, -0.05) is 17.9 Å². The Morgan fingerprint density at radius 1 is 1.31 bits per heavy atom. The summed E-state index contributed by atoms with van der Waals surface area (Å²) in [5.41, 5.74) is 9.17. The maximum absolute atomic E-state index is 13.3. The Bertz CT molecular complexity index is 1160. The average Bonchev–Trinajstić information content (AvgIpc) is 3.07. The molecule has 2 aromatic heterocycles. The molecule has 0 atom stereocenters. The van der Waals surface area contributed by atoms with Gasteiger partial charge in [-0.25, -0.2) is 14.4 Å². The molecule has 0 bridgehead atoms. The lowest BCUT2D eigenvalue weighted by atomic mass is 10.1. The van der Waals surface area contributed by atoms with E-state index in [-0.39, 0.29) is 24.1 Å². The first kappa shape index (κ1) is 18.5. The van der Waals surface area contributed by atoms with Crippen LogP contribution < -0.4 is 11.1 Å². The number of halogens is 1. The number of rotatable bonds is 3. The topological polar surface area (TPSA) is 106 Å².